The molecular formula is C10H15IN2. The predicted octanol–water partition coefficient (Wildman–Crippen LogP) is 1.73. The van der Waals surface area contributed by atoms with Crippen LogP contribution in [-0.4, -0.2) is 13.1 Å². The summed E-state index contributed by atoms with van der Waals surface area (Å²) < 4.78 is 1.32. The summed E-state index contributed by atoms with van der Waals surface area (Å²) in [5.74, 6) is 0. The molecule has 3 N–H and O–H groups in total. The first-order chi connectivity index (χ1) is 6.34. The highest BCUT2D eigenvalue weighted by Crippen LogP contribution is 2.10. The molecule has 0 saturated carbocycles. The molecule has 0 fully saturated rings. The highest BCUT2D eigenvalue weighted by atomic mass is 127. The summed E-state index contributed by atoms with van der Waals surface area (Å²) in [6, 6.07) is 8.41. The Morgan fingerprint density at radius 3 is 2.77 bits per heavy atom. The molecule has 0 radical (unpaired) electrons. The van der Waals surface area contributed by atoms with Gasteiger partial charge in [0.2, 0.25) is 0 Å². The second kappa shape index (κ2) is 6.34. The van der Waals surface area contributed by atoms with Crippen molar-refractivity contribution in [3.63, 3.8) is 0 Å². The number of halogens is 1. The van der Waals surface area contributed by atoms with Crippen LogP contribution < -0.4 is 11.1 Å². The zero-order valence-corrected chi connectivity index (χ0v) is 9.75. The Morgan fingerprint density at radius 2 is 2.08 bits per heavy atom. The third kappa shape index (κ3) is 4.06. The van der Waals surface area contributed by atoms with Gasteiger partial charge in [0.05, 0.1) is 0 Å². The molecule has 1 aromatic carbocycles. The molecule has 3 heteroatoms. The summed E-state index contributed by atoms with van der Waals surface area (Å²) in [7, 11) is 0. The van der Waals surface area contributed by atoms with Gasteiger partial charge in [-0.15, -0.1) is 0 Å². The summed E-state index contributed by atoms with van der Waals surface area (Å²) in [5, 5.41) is 3.36. The molecule has 0 unspecified atom stereocenters. The molecule has 0 spiro atoms. The number of hydrogen-bond acceptors (Lipinski definition) is 2. The van der Waals surface area contributed by atoms with Gasteiger partial charge in [-0.05, 0) is 53.7 Å². The highest BCUT2D eigenvalue weighted by Gasteiger charge is 1.96. The van der Waals surface area contributed by atoms with Gasteiger partial charge in [0.15, 0.2) is 0 Å². The van der Waals surface area contributed by atoms with Crippen LogP contribution in [-0.2, 0) is 6.54 Å². The van der Waals surface area contributed by atoms with E-state index in [0.717, 1.165) is 26.1 Å². The summed E-state index contributed by atoms with van der Waals surface area (Å²) in [5.41, 5.74) is 6.76. The predicted molar refractivity (Wildman–Crippen MR) is 64.5 cm³/mol. The van der Waals surface area contributed by atoms with Gasteiger partial charge in [-0.3, -0.25) is 0 Å². The molecule has 2 nitrogen and oxygen atoms in total. The first-order valence-electron chi connectivity index (χ1n) is 4.49. The zero-order valence-electron chi connectivity index (χ0n) is 7.59. The Labute approximate surface area is 93.0 Å². The normalized spacial score (nSPS) is 10.3. The summed E-state index contributed by atoms with van der Waals surface area (Å²) in [6.07, 6.45) is 1.05. The lowest BCUT2D eigenvalue weighted by atomic mass is 10.2. The summed E-state index contributed by atoms with van der Waals surface area (Å²) in [4.78, 5) is 0. The van der Waals surface area contributed by atoms with Crippen molar-refractivity contribution in [2.75, 3.05) is 13.1 Å². The van der Waals surface area contributed by atoms with Crippen LogP contribution in [0.15, 0.2) is 24.3 Å². The molecule has 1 rings (SSSR count). The quantitative estimate of drug-likeness (QED) is 0.640. The molecule has 0 aliphatic carbocycles. The van der Waals surface area contributed by atoms with Gasteiger partial charge >= 0.3 is 0 Å². The molecule has 0 aromatic heterocycles. The lowest BCUT2D eigenvalue weighted by Crippen LogP contribution is -2.18. The smallest absolute Gasteiger partial charge is 0.0216 e. The monoisotopic (exact) mass is 290 g/mol. The van der Waals surface area contributed by atoms with Crippen molar-refractivity contribution >= 4 is 22.6 Å². The number of hydrogen-bond donors (Lipinski definition) is 2. The van der Waals surface area contributed by atoms with E-state index in [1.54, 1.807) is 0 Å². The van der Waals surface area contributed by atoms with Crippen molar-refractivity contribution in [2.45, 2.75) is 13.0 Å². The van der Waals surface area contributed by atoms with Crippen LogP contribution in [0.25, 0.3) is 0 Å². The molecular weight excluding hydrogens is 275 g/mol. The van der Waals surface area contributed by atoms with E-state index < -0.39 is 0 Å². The van der Waals surface area contributed by atoms with Crippen LogP contribution in [0.2, 0.25) is 0 Å². The van der Waals surface area contributed by atoms with Gasteiger partial charge in [-0.2, -0.15) is 0 Å². The third-order valence-corrected chi connectivity index (χ3v) is 2.88. The lowest BCUT2D eigenvalue weighted by molar-refractivity contribution is 0.654. The largest absolute Gasteiger partial charge is 0.330 e. The van der Waals surface area contributed by atoms with Crippen molar-refractivity contribution in [2.24, 2.45) is 5.73 Å². The van der Waals surface area contributed by atoms with Crippen LogP contribution in [0.1, 0.15) is 12.0 Å². The summed E-state index contributed by atoms with van der Waals surface area (Å²) >= 11 is 2.36. The van der Waals surface area contributed by atoms with E-state index in [1.807, 2.05) is 0 Å². The van der Waals surface area contributed by atoms with Crippen molar-refractivity contribution in [1.29, 1.82) is 0 Å². The highest BCUT2D eigenvalue weighted by molar-refractivity contribution is 14.1. The maximum atomic E-state index is 5.40. The van der Waals surface area contributed by atoms with Gasteiger partial charge in [0.25, 0.3) is 0 Å². The average molecular weight is 290 g/mol. The lowest BCUT2D eigenvalue weighted by Gasteiger charge is -2.05. The fraction of sp³-hybridized carbons (Fsp3) is 0.400. The SMILES string of the molecule is NCCCNCc1ccccc1I. The number of nitrogens with two attached hydrogens (primary N) is 1. The van der Waals surface area contributed by atoms with E-state index in [0.29, 0.717) is 0 Å². The fourth-order valence-electron chi connectivity index (χ4n) is 1.09. The van der Waals surface area contributed by atoms with Gasteiger partial charge in [-0.25, -0.2) is 0 Å². The minimum absolute atomic E-state index is 0.763. The van der Waals surface area contributed by atoms with E-state index >= 15 is 0 Å². The van der Waals surface area contributed by atoms with Crippen LogP contribution in [0.4, 0.5) is 0 Å². The molecule has 0 heterocycles. The molecule has 0 aliphatic heterocycles. The average Bonchev–Trinajstić information content (AvgIpc) is 2.15. The Morgan fingerprint density at radius 1 is 1.31 bits per heavy atom. The van der Waals surface area contributed by atoms with Crippen molar-refractivity contribution in [1.82, 2.24) is 5.32 Å². The van der Waals surface area contributed by atoms with Gasteiger partial charge < -0.3 is 11.1 Å². The second-order valence-electron chi connectivity index (χ2n) is 2.91. The molecule has 0 bridgehead atoms. The minimum Gasteiger partial charge on any atom is -0.330 e. The van der Waals surface area contributed by atoms with E-state index in [9.17, 15) is 0 Å². The van der Waals surface area contributed by atoms with Crippen molar-refractivity contribution < 1.29 is 0 Å². The second-order valence-corrected chi connectivity index (χ2v) is 4.07. The molecule has 0 amide bonds. The molecule has 0 saturated heterocycles. The Bertz CT molecular complexity index is 250. The maximum Gasteiger partial charge on any atom is 0.0216 e. The van der Waals surface area contributed by atoms with E-state index in [1.165, 1.54) is 9.13 Å². The molecule has 0 aliphatic rings. The topological polar surface area (TPSA) is 38.0 Å². The van der Waals surface area contributed by atoms with Crippen molar-refractivity contribution in [3.05, 3.63) is 33.4 Å². The number of rotatable bonds is 5. The number of nitrogens with one attached hydrogen (secondary N) is 1. The van der Waals surface area contributed by atoms with E-state index in [2.05, 4.69) is 52.2 Å². The molecule has 13 heavy (non-hydrogen) atoms. The third-order valence-electron chi connectivity index (χ3n) is 1.83. The Hall–Kier alpha value is -0.130. The van der Waals surface area contributed by atoms with Gasteiger partial charge in [0.1, 0.15) is 0 Å². The van der Waals surface area contributed by atoms with Crippen LogP contribution in [0.3, 0.4) is 0 Å². The number of benzene rings is 1. The van der Waals surface area contributed by atoms with Gasteiger partial charge in [0, 0.05) is 10.1 Å². The Kier molecular flexibility index (Phi) is 5.34. The van der Waals surface area contributed by atoms with E-state index in [4.69, 9.17) is 5.73 Å². The minimum atomic E-state index is 0.763. The first kappa shape index (κ1) is 10.9. The van der Waals surface area contributed by atoms with Crippen molar-refractivity contribution in [3.8, 4) is 0 Å². The van der Waals surface area contributed by atoms with Crippen LogP contribution in [0.5, 0.6) is 0 Å². The first-order valence-corrected chi connectivity index (χ1v) is 5.56. The van der Waals surface area contributed by atoms with Crippen LogP contribution in [0, 0.1) is 3.57 Å². The molecule has 0 atom stereocenters. The molecule has 1 aromatic rings. The van der Waals surface area contributed by atoms with Crippen LogP contribution >= 0.6 is 22.6 Å². The fourth-order valence-corrected chi connectivity index (χ4v) is 1.67. The summed E-state index contributed by atoms with van der Waals surface area (Å²) in [6.45, 7) is 2.71. The zero-order chi connectivity index (χ0) is 9.52. The molecule has 72 valence electrons. The van der Waals surface area contributed by atoms with Gasteiger partial charge in [-0.1, -0.05) is 18.2 Å². The standard InChI is InChI=1S/C10H15IN2/c11-10-5-2-1-4-9(10)8-13-7-3-6-12/h1-2,4-5,13H,3,6-8,12H2. The van der Waals surface area contributed by atoms with E-state index in [-0.39, 0.29) is 0 Å². The Balaban J connectivity index is 2.32. The maximum absolute atomic E-state index is 5.40.